The average molecular weight is 266 g/mol. The van der Waals surface area contributed by atoms with Crippen LogP contribution < -0.4 is 0 Å². The first kappa shape index (κ1) is 12.4. The summed E-state index contributed by atoms with van der Waals surface area (Å²) in [6, 6.07) is 4.26. The van der Waals surface area contributed by atoms with Gasteiger partial charge in [-0.05, 0) is 12.5 Å². The molecule has 0 amide bonds. The Bertz CT molecular complexity index is 763. The Labute approximate surface area is 116 Å². The summed E-state index contributed by atoms with van der Waals surface area (Å²) in [5.41, 5.74) is 2.61. The number of nitriles is 1. The zero-order chi connectivity index (χ0) is 13.9. The molecule has 3 aromatic rings. The van der Waals surface area contributed by atoms with E-state index in [-0.39, 0.29) is 6.04 Å². The van der Waals surface area contributed by atoms with Crippen LogP contribution in [0.5, 0.6) is 0 Å². The van der Waals surface area contributed by atoms with E-state index in [1.165, 1.54) is 6.33 Å². The van der Waals surface area contributed by atoms with Gasteiger partial charge in [-0.1, -0.05) is 6.92 Å². The SMILES string of the molecule is CC[C@@H](CC#N)n1cc(-c2ncnc3[nH]ccc23)cn1. The summed E-state index contributed by atoms with van der Waals surface area (Å²) in [4.78, 5) is 11.6. The number of aromatic nitrogens is 5. The summed E-state index contributed by atoms with van der Waals surface area (Å²) in [7, 11) is 0. The van der Waals surface area contributed by atoms with Crippen molar-refractivity contribution >= 4 is 11.0 Å². The van der Waals surface area contributed by atoms with E-state index in [1.807, 2.05) is 23.1 Å². The Morgan fingerprint density at radius 3 is 3.15 bits per heavy atom. The molecule has 0 unspecified atom stereocenters. The van der Waals surface area contributed by atoms with Crippen LogP contribution in [0, 0.1) is 11.3 Å². The summed E-state index contributed by atoms with van der Waals surface area (Å²) < 4.78 is 1.85. The smallest absolute Gasteiger partial charge is 0.141 e. The largest absolute Gasteiger partial charge is 0.346 e. The molecule has 0 bridgehead atoms. The predicted octanol–water partition coefficient (Wildman–Crippen LogP) is 2.69. The molecular formula is C14H14N6. The molecular weight excluding hydrogens is 252 g/mol. The lowest BCUT2D eigenvalue weighted by Gasteiger charge is -2.10. The molecule has 1 atom stereocenters. The van der Waals surface area contributed by atoms with Crippen molar-refractivity contribution in [2.75, 3.05) is 0 Å². The minimum Gasteiger partial charge on any atom is -0.346 e. The number of nitrogens with one attached hydrogen (secondary N) is 1. The van der Waals surface area contributed by atoms with Crippen molar-refractivity contribution in [2.24, 2.45) is 0 Å². The highest BCUT2D eigenvalue weighted by atomic mass is 15.3. The third-order valence-electron chi connectivity index (χ3n) is 3.40. The fourth-order valence-electron chi connectivity index (χ4n) is 2.29. The number of hydrogen-bond acceptors (Lipinski definition) is 4. The van der Waals surface area contributed by atoms with Gasteiger partial charge >= 0.3 is 0 Å². The number of nitrogens with zero attached hydrogens (tertiary/aromatic N) is 5. The van der Waals surface area contributed by atoms with Gasteiger partial charge in [-0.2, -0.15) is 10.4 Å². The lowest BCUT2D eigenvalue weighted by atomic mass is 10.1. The lowest BCUT2D eigenvalue weighted by molar-refractivity contribution is 0.448. The van der Waals surface area contributed by atoms with Crippen LogP contribution in [0.2, 0.25) is 0 Å². The number of fused-ring (bicyclic) bond motifs is 1. The molecule has 0 radical (unpaired) electrons. The second-order valence-electron chi connectivity index (χ2n) is 4.60. The molecule has 0 fully saturated rings. The molecule has 3 rings (SSSR count). The quantitative estimate of drug-likeness (QED) is 0.787. The van der Waals surface area contributed by atoms with E-state index in [2.05, 4.69) is 33.0 Å². The maximum absolute atomic E-state index is 8.85. The van der Waals surface area contributed by atoms with Gasteiger partial charge < -0.3 is 4.98 Å². The van der Waals surface area contributed by atoms with Crippen LogP contribution in [0.1, 0.15) is 25.8 Å². The van der Waals surface area contributed by atoms with E-state index in [1.54, 1.807) is 6.20 Å². The van der Waals surface area contributed by atoms with Crippen LogP contribution in [0.15, 0.2) is 31.0 Å². The molecule has 0 aliphatic heterocycles. The molecule has 6 heteroatoms. The van der Waals surface area contributed by atoms with Gasteiger partial charge in [0.15, 0.2) is 0 Å². The van der Waals surface area contributed by atoms with Crippen molar-refractivity contribution in [3.8, 4) is 17.3 Å². The minimum absolute atomic E-state index is 0.109. The zero-order valence-corrected chi connectivity index (χ0v) is 11.1. The summed E-state index contributed by atoms with van der Waals surface area (Å²) in [6.07, 6.45) is 8.45. The number of rotatable bonds is 4. The molecule has 0 saturated carbocycles. The maximum atomic E-state index is 8.85. The van der Waals surface area contributed by atoms with Crippen molar-refractivity contribution in [3.05, 3.63) is 31.0 Å². The normalized spacial score (nSPS) is 12.4. The van der Waals surface area contributed by atoms with E-state index in [0.717, 1.165) is 28.7 Å². The number of hydrogen-bond donors (Lipinski definition) is 1. The number of aromatic amines is 1. The summed E-state index contributed by atoms with van der Waals surface area (Å²) in [6.45, 7) is 2.05. The van der Waals surface area contributed by atoms with Gasteiger partial charge in [0.25, 0.3) is 0 Å². The fourth-order valence-corrected chi connectivity index (χ4v) is 2.29. The highest BCUT2D eigenvalue weighted by Gasteiger charge is 2.13. The number of H-pyrrole nitrogens is 1. The first-order chi connectivity index (χ1) is 9.83. The second kappa shape index (κ2) is 5.13. The summed E-state index contributed by atoms with van der Waals surface area (Å²) in [5.74, 6) is 0. The molecule has 20 heavy (non-hydrogen) atoms. The van der Waals surface area contributed by atoms with Crippen molar-refractivity contribution in [2.45, 2.75) is 25.8 Å². The van der Waals surface area contributed by atoms with Crippen LogP contribution >= 0.6 is 0 Å². The Hall–Kier alpha value is -2.68. The molecule has 0 aliphatic carbocycles. The van der Waals surface area contributed by atoms with E-state index in [9.17, 15) is 0 Å². The van der Waals surface area contributed by atoms with E-state index >= 15 is 0 Å². The van der Waals surface area contributed by atoms with Gasteiger partial charge in [-0.15, -0.1) is 0 Å². The molecule has 0 spiro atoms. The van der Waals surface area contributed by atoms with Crippen LogP contribution in [-0.4, -0.2) is 24.7 Å². The third kappa shape index (κ3) is 2.03. The minimum atomic E-state index is 0.109. The van der Waals surface area contributed by atoms with E-state index < -0.39 is 0 Å². The van der Waals surface area contributed by atoms with Gasteiger partial charge in [-0.3, -0.25) is 4.68 Å². The molecule has 1 N–H and O–H groups in total. The highest BCUT2D eigenvalue weighted by molar-refractivity contribution is 5.89. The molecule has 0 aliphatic rings. The molecule has 0 aromatic carbocycles. The second-order valence-corrected chi connectivity index (χ2v) is 4.60. The average Bonchev–Trinajstić information content (AvgIpc) is 3.12. The van der Waals surface area contributed by atoms with Gasteiger partial charge in [0, 0.05) is 23.3 Å². The van der Waals surface area contributed by atoms with Crippen LogP contribution in [0.4, 0.5) is 0 Å². The highest BCUT2D eigenvalue weighted by Crippen LogP contribution is 2.25. The van der Waals surface area contributed by atoms with Crippen molar-refractivity contribution < 1.29 is 0 Å². The molecule has 3 aromatic heterocycles. The first-order valence-electron chi connectivity index (χ1n) is 6.53. The van der Waals surface area contributed by atoms with Crippen molar-refractivity contribution in [3.63, 3.8) is 0 Å². The van der Waals surface area contributed by atoms with Crippen LogP contribution in [-0.2, 0) is 0 Å². The van der Waals surface area contributed by atoms with Gasteiger partial charge in [0.2, 0.25) is 0 Å². The Morgan fingerprint density at radius 1 is 1.45 bits per heavy atom. The Morgan fingerprint density at radius 2 is 2.35 bits per heavy atom. The van der Waals surface area contributed by atoms with Gasteiger partial charge in [-0.25, -0.2) is 9.97 Å². The monoisotopic (exact) mass is 266 g/mol. The summed E-state index contributed by atoms with van der Waals surface area (Å²) in [5, 5.41) is 14.2. The van der Waals surface area contributed by atoms with Crippen LogP contribution in [0.25, 0.3) is 22.3 Å². The molecule has 100 valence electrons. The Kier molecular flexibility index (Phi) is 3.17. The summed E-state index contributed by atoms with van der Waals surface area (Å²) >= 11 is 0. The maximum Gasteiger partial charge on any atom is 0.141 e. The standard InChI is InChI=1S/C14H14N6/c1-2-11(3-5-15)20-8-10(7-19-20)13-12-4-6-16-14(12)18-9-17-13/h4,6-9,11H,2-3H2,1H3,(H,16,17,18)/t11-/m0/s1. The van der Waals surface area contributed by atoms with E-state index in [0.29, 0.717) is 6.42 Å². The predicted molar refractivity (Wildman–Crippen MR) is 74.7 cm³/mol. The van der Waals surface area contributed by atoms with Crippen LogP contribution in [0.3, 0.4) is 0 Å². The zero-order valence-electron chi connectivity index (χ0n) is 11.1. The van der Waals surface area contributed by atoms with Crippen molar-refractivity contribution in [1.29, 1.82) is 5.26 Å². The molecule has 3 heterocycles. The molecule has 6 nitrogen and oxygen atoms in total. The topological polar surface area (TPSA) is 83.2 Å². The first-order valence-corrected chi connectivity index (χ1v) is 6.53. The Balaban J connectivity index is 2.02. The lowest BCUT2D eigenvalue weighted by Crippen LogP contribution is -2.07. The van der Waals surface area contributed by atoms with Gasteiger partial charge in [0.05, 0.1) is 30.4 Å². The molecule has 0 saturated heterocycles. The van der Waals surface area contributed by atoms with Gasteiger partial charge in [0.1, 0.15) is 12.0 Å². The third-order valence-corrected chi connectivity index (χ3v) is 3.40. The van der Waals surface area contributed by atoms with E-state index in [4.69, 9.17) is 5.26 Å². The van der Waals surface area contributed by atoms with Crippen molar-refractivity contribution in [1.82, 2.24) is 24.7 Å². The fraction of sp³-hybridized carbons (Fsp3) is 0.286.